The smallest absolute Gasteiger partial charge is 0.305 e. The second-order valence-electron chi connectivity index (χ2n) is 5.79. The number of para-hydroxylation sites is 1. The first-order valence-corrected chi connectivity index (χ1v) is 7.93. The molecule has 0 unspecified atom stereocenters. The molecule has 0 spiro atoms. The first kappa shape index (κ1) is 19.6. The van der Waals surface area contributed by atoms with Crippen LogP contribution in [-0.4, -0.2) is 30.1 Å². The van der Waals surface area contributed by atoms with Crippen molar-refractivity contribution < 1.29 is 24.0 Å². The van der Waals surface area contributed by atoms with Gasteiger partial charge in [-0.05, 0) is 12.3 Å². The lowest BCUT2D eigenvalue weighted by molar-refractivity contribution is -0.385. The van der Waals surface area contributed by atoms with Crippen LogP contribution in [0, 0.1) is 16.0 Å². The van der Waals surface area contributed by atoms with Gasteiger partial charge in [-0.1, -0.05) is 32.0 Å². The van der Waals surface area contributed by atoms with Crippen molar-refractivity contribution in [2.45, 2.75) is 39.5 Å². The molecule has 0 heterocycles. The molecule has 7 nitrogen and oxygen atoms in total. The molecule has 0 bridgehead atoms. The number of nitro benzene ring substituents is 1. The Morgan fingerprint density at radius 3 is 2.38 bits per heavy atom. The largest absolute Gasteiger partial charge is 0.465 e. The maximum Gasteiger partial charge on any atom is 0.305 e. The minimum absolute atomic E-state index is 0.0152. The topological polar surface area (TPSA) is 95.7 Å². The molecule has 0 amide bonds. The van der Waals surface area contributed by atoms with Crippen LogP contribution < -0.4 is 0 Å². The van der Waals surface area contributed by atoms with Gasteiger partial charge in [0.25, 0.3) is 5.69 Å². The summed E-state index contributed by atoms with van der Waals surface area (Å²) in [5.41, 5.74) is 0.536. The molecular weight excluding hydrogens is 314 g/mol. The summed E-state index contributed by atoms with van der Waals surface area (Å²) in [6.45, 7) is 4.34. The van der Waals surface area contributed by atoms with Gasteiger partial charge in [0.1, 0.15) is 0 Å². The van der Waals surface area contributed by atoms with Crippen molar-refractivity contribution in [2.24, 2.45) is 5.92 Å². The van der Waals surface area contributed by atoms with Crippen molar-refractivity contribution >= 4 is 17.6 Å². The molecule has 0 fully saturated rings. The molecule has 1 aromatic rings. The third-order valence-corrected chi connectivity index (χ3v) is 3.16. The highest BCUT2D eigenvalue weighted by Gasteiger charge is 2.13. The Balaban J connectivity index is 2.23. The van der Waals surface area contributed by atoms with Crippen LogP contribution in [0.4, 0.5) is 5.69 Å². The highest BCUT2D eigenvalue weighted by molar-refractivity contribution is 5.72. The van der Waals surface area contributed by atoms with Crippen LogP contribution in [0.15, 0.2) is 24.3 Å². The van der Waals surface area contributed by atoms with Crippen LogP contribution in [0.3, 0.4) is 0 Å². The van der Waals surface area contributed by atoms with Gasteiger partial charge >= 0.3 is 11.9 Å². The number of esters is 2. The van der Waals surface area contributed by atoms with Gasteiger partial charge in [-0.2, -0.15) is 0 Å². The van der Waals surface area contributed by atoms with E-state index in [4.69, 9.17) is 9.47 Å². The lowest BCUT2D eigenvalue weighted by Gasteiger charge is -2.07. The highest BCUT2D eigenvalue weighted by Crippen LogP contribution is 2.18. The summed E-state index contributed by atoms with van der Waals surface area (Å²) in [7, 11) is 0. The molecule has 1 aromatic carbocycles. The molecule has 0 atom stereocenters. The number of rotatable bonds is 10. The summed E-state index contributed by atoms with van der Waals surface area (Å²) in [5.74, 6) is -0.470. The molecule has 0 aliphatic heterocycles. The van der Waals surface area contributed by atoms with E-state index in [0.29, 0.717) is 18.6 Å². The third-order valence-electron chi connectivity index (χ3n) is 3.16. The van der Waals surface area contributed by atoms with Gasteiger partial charge in [0.15, 0.2) is 0 Å². The van der Waals surface area contributed by atoms with Gasteiger partial charge in [0.2, 0.25) is 0 Å². The number of carbonyl (C=O) groups excluding carboxylic acids is 2. The Morgan fingerprint density at radius 1 is 1.12 bits per heavy atom. The number of hydrogen-bond acceptors (Lipinski definition) is 6. The van der Waals surface area contributed by atoms with E-state index in [1.165, 1.54) is 6.07 Å². The maximum atomic E-state index is 11.6. The molecule has 24 heavy (non-hydrogen) atoms. The zero-order valence-electron chi connectivity index (χ0n) is 14.0. The monoisotopic (exact) mass is 337 g/mol. The predicted octanol–water partition coefficient (Wildman–Crippen LogP) is 3.05. The quantitative estimate of drug-likeness (QED) is 0.370. The normalized spacial score (nSPS) is 10.5. The van der Waals surface area contributed by atoms with Gasteiger partial charge in [0.05, 0.1) is 18.1 Å². The molecule has 1 rings (SSSR count). The van der Waals surface area contributed by atoms with Crippen LogP contribution >= 0.6 is 0 Å². The van der Waals surface area contributed by atoms with Crippen LogP contribution in [-0.2, 0) is 25.5 Å². The molecule has 0 saturated heterocycles. The lowest BCUT2D eigenvalue weighted by Crippen LogP contribution is -2.12. The minimum atomic E-state index is -0.458. The number of benzene rings is 1. The summed E-state index contributed by atoms with van der Waals surface area (Å²) in [5, 5.41) is 10.9. The molecular formula is C17H23NO6. The first-order valence-electron chi connectivity index (χ1n) is 7.93. The number of ether oxygens (including phenoxy) is 2. The van der Waals surface area contributed by atoms with E-state index >= 15 is 0 Å². The van der Waals surface area contributed by atoms with E-state index in [2.05, 4.69) is 0 Å². The fraction of sp³-hybridized carbons (Fsp3) is 0.529. The number of carbonyl (C=O) groups is 2. The van der Waals surface area contributed by atoms with Crippen LogP contribution in [0.2, 0.25) is 0 Å². The zero-order chi connectivity index (χ0) is 17.9. The molecule has 0 aliphatic carbocycles. The molecule has 0 N–H and O–H groups in total. The van der Waals surface area contributed by atoms with Crippen molar-refractivity contribution in [2.75, 3.05) is 13.2 Å². The molecule has 132 valence electrons. The van der Waals surface area contributed by atoms with Crippen molar-refractivity contribution in [1.29, 1.82) is 0 Å². The summed E-state index contributed by atoms with van der Waals surface area (Å²) in [4.78, 5) is 33.4. The van der Waals surface area contributed by atoms with E-state index in [-0.39, 0.29) is 43.4 Å². The van der Waals surface area contributed by atoms with E-state index in [9.17, 15) is 19.7 Å². The van der Waals surface area contributed by atoms with Gasteiger partial charge < -0.3 is 9.47 Å². The summed E-state index contributed by atoms with van der Waals surface area (Å²) < 4.78 is 10.1. The van der Waals surface area contributed by atoms with Gasteiger partial charge in [-0.25, -0.2) is 0 Å². The molecule has 0 saturated carbocycles. The first-order chi connectivity index (χ1) is 11.4. The van der Waals surface area contributed by atoms with Gasteiger partial charge in [-0.3, -0.25) is 19.7 Å². The second kappa shape index (κ2) is 10.4. The van der Waals surface area contributed by atoms with Gasteiger partial charge in [-0.15, -0.1) is 0 Å². The standard InChI is InChI=1S/C17H23NO6/c1-13(2)12-24-17(20)9-5-8-16(19)23-11-10-14-6-3-4-7-15(14)18(21)22/h3-4,6-7,13H,5,8-12H2,1-2H3. The Kier molecular flexibility index (Phi) is 8.46. The number of nitrogens with zero attached hydrogens (tertiary/aromatic N) is 1. The molecule has 0 aromatic heterocycles. The average molecular weight is 337 g/mol. The van der Waals surface area contributed by atoms with Crippen molar-refractivity contribution in [1.82, 2.24) is 0 Å². The van der Waals surface area contributed by atoms with E-state index in [1.54, 1.807) is 18.2 Å². The Hall–Kier alpha value is -2.44. The van der Waals surface area contributed by atoms with Crippen molar-refractivity contribution in [3.8, 4) is 0 Å². The van der Waals surface area contributed by atoms with Crippen LogP contribution in [0.25, 0.3) is 0 Å². The van der Waals surface area contributed by atoms with Crippen LogP contribution in [0.1, 0.15) is 38.7 Å². The van der Waals surface area contributed by atoms with Crippen molar-refractivity contribution in [3.63, 3.8) is 0 Å². The Morgan fingerprint density at radius 2 is 1.75 bits per heavy atom. The molecule has 0 aliphatic rings. The minimum Gasteiger partial charge on any atom is -0.465 e. The SMILES string of the molecule is CC(C)COC(=O)CCCC(=O)OCCc1ccccc1[N+](=O)[O-]. The van der Waals surface area contributed by atoms with E-state index in [0.717, 1.165) is 0 Å². The molecule has 7 heteroatoms. The summed E-state index contributed by atoms with van der Waals surface area (Å²) in [6.07, 6.45) is 0.931. The van der Waals surface area contributed by atoms with E-state index in [1.807, 2.05) is 13.8 Å². The fourth-order valence-corrected chi connectivity index (χ4v) is 1.96. The summed E-state index contributed by atoms with van der Waals surface area (Å²) in [6, 6.07) is 6.34. The molecule has 0 radical (unpaired) electrons. The summed E-state index contributed by atoms with van der Waals surface area (Å²) >= 11 is 0. The lowest BCUT2D eigenvalue weighted by atomic mass is 10.1. The maximum absolute atomic E-state index is 11.6. The predicted molar refractivity (Wildman–Crippen MR) is 87.4 cm³/mol. The van der Waals surface area contributed by atoms with Crippen LogP contribution in [0.5, 0.6) is 0 Å². The highest BCUT2D eigenvalue weighted by atomic mass is 16.6. The second-order valence-corrected chi connectivity index (χ2v) is 5.79. The van der Waals surface area contributed by atoms with Crippen molar-refractivity contribution in [3.05, 3.63) is 39.9 Å². The number of nitro groups is 1. The van der Waals surface area contributed by atoms with E-state index < -0.39 is 10.9 Å². The van der Waals surface area contributed by atoms with Gasteiger partial charge in [0, 0.05) is 30.9 Å². The average Bonchev–Trinajstić information content (AvgIpc) is 2.53. The number of hydrogen-bond donors (Lipinski definition) is 0. The third kappa shape index (κ3) is 7.71. The Labute approximate surface area is 141 Å². The Bertz CT molecular complexity index is 570. The fourth-order valence-electron chi connectivity index (χ4n) is 1.96. The zero-order valence-corrected chi connectivity index (χ0v) is 14.0.